The van der Waals surface area contributed by atoms with E-state index in [0.717, 1.165) is 32.5 Å². The Morgan fingerprint density at radius 3 is 2.60 bits per heavy atom. The minimum Gasteiger partial charge on any atom is -0.376 e. The molecule has 1 saturated heterocycles. The lowest BCUT2D eigenvalue weighted by molar-refractivity contribution is -0.0963. The Hall–Kier alpha value is -0.120. The van der Waals surface area contributed by atoms with Gasteiger partial charge >= 0.3 is 0 Å². The number of ether oxygens (including phenoxy) is 2. The van der Waals surface area contributed by atoms with Crippen molar-refractivity contribution in [3.63, 3.8) is 0 Å². The first-order chi connectivity index (χ1) is 7.35. The molecule has 0 aromatic heterocycles. The van der Waals surface area contributed by atoms with Gasteiger partial charge in [-0.3, -0.25) is 0 Å². The first kappa shape index (κ1) is 11.4. The van der Waals surface area contributed by atoms with Crippen molar-refractivity contribution in [2.45, 2.75) is 56.7 Å². The summed E-state index contributed by atoms with van der Waals surface area (Å²) in [5.41, 5.74) is 5.83. The first-order valence-electron chi connectivity index (χ1n) is 6.30. The Balaban J connectivity index is 1.78. The van der Waals surface area contributed by atoms with Crippen molar-refractivity contribution >= 4 is 0 Å². The zero-order valence-electron chi connectivity index (χ0n) is 9.54. The zero-order chi connectivity index (χ0) is 10.6. The largest absolute Gasteiger partial charge is 0.376 e. The van der Waals surface area contributed by atoms with Crippen molar-refractivity contribution in [2.75, 3.05) is 19.8 Å². The number of nitrogens with two attached hydrogens (primary N) is 1. The Bertz CT molecular complexity index is 184. The third-order valence-electron chi connectivity index (χ3n) is 3.74. The van der Waals surface area contributed by atoms with Crippen molar-refractivity contribution < 1.29 is 9.47 Å². The predicted molar refractivity (Wildman–Crippen MR) is 59.8 cm³/mol. The van der Waals surface area contributed by atoms with E-state index in [2.05, 4.69) is 0 Å². The topological polar surface area (TPSA) is 44.5 Å². The van der Waals surface area contributed by atoms with Crippen LogP contribution < -0.4 is 5.73 Å². The maximum atomic E-state index is 6.05. The van der Waals surface area contributed by atoms with Gasteiger partial charge in [-0.1, -0.05) is 19.3 Å². The van der Waals surface area contributed by atoms with Gasteiger partial charge in [0.2, 0.25) is 0 Å². The van der Waals surface area contributed by atoms with E-state index in [-0.39, 0.29) is 5.60 Å². The van der Waals surface area contributed by atoms with Gasteiger partial charge in [0, 0.05) is 13.2 Å². The Labute approximate surface area is 92.3 Å². The quantitative estimate of drug-likeness (QED) is 0.775. The molecule has 1 heterocycles. The molecule has 3 heteroatoms. The zero-order valence-corrected chi connectivity index (χ0v) is 9.54. The fourth-order valence-corrected chi connectivity index (χ4v) is 2.65. The highest BCUT2D eigenvalue weighted by atomic mass is 16.5. The molecule has 2 N–H and O–H groups in total. The summed E-state index contributed by atoms with van der Waals surface area (Å²) in [5.74, 6) is 0. The van der Waals surface area contributed by atoms with Gasteiger partial charge in [0.15, 0.2) is 0 Å². The van der Waals surface area contributed by atoms with E-state index in [4.69, 9.17) is 15.2 Å². The van der Waals surface area contributed by atoms with Crippen molar-refractivity contribution in [1.82, 2.24) is 0 Å². The molecule has 1 saturated carbocycles. The van der Waals surface area contributed by atoms with Crippen LogP contribution in [0, 0.1) is 0 Å². The molecule has 1 aliphatic carbocycles. The number of hydrogen-bond donors (Lipinski definition) is 1. The highest BCUT2D eigenvalue weighted by Crippen LogP contribution is 2.31. The van der Waals surface area contributed by atoms with E-state index in [1.54, 1.807) is 0 Å². The lowest BCUT2D eigenvalue weighted by Gasteiger charge is -2.36. The molecule has 0 aromatic rings. The monoisotopic (exact) mass is 213 g/mol. The minimum absolute atomic E-state index is 0.0236. The molecule has 2 rings (SSSR count). The van der Waals surface area contributed by atoms with Crippen LogP contribution in [0.3, 0.4) is 0 Å². The molecule has 88 valence electrons. The van der Waals surface area contributed by atoms with E-state index in [9.17, 15) is 0 Å². The van der Waals surface area contributed by atoms with Crippen molar-refractivity contribution in [1.29, 1.82) is 0 Å². The second-order valence-corrected chi connectivity index (χ2v) is 4.89. The van der Waals surface area contributed by atoms with E-state index >= 15 is 0 Å². The maximum absolute atomic E-state index is 6.05. The molecule has 15 heavy (non-hydrogen) atoms. The van der Waals surface area contributed by atoms with E-state index in [0.29, 0.717) is 12.6 Å². The molecular weight excluding hydrogens is 190 g/mol. The molecule has 2 fully saturated rings. The van der Waals surface area contributed by atoms with Gasteiger partial charge in [0.05, 0.1) is 18.3 Å². The average molecular weight is 213 g/mol. The average Bonchev–Trinajstić information content (AvgIpc) is 2.81. The van der Waals surface area contributed by atoms with Gasteiger partial charge in [-0.05, 0) is 25.7 Å². The molecule has 0 aromatic carbocycles. The maximum Gasteiger partial charge on any atom is 0.0809 e. The Morgan fingerprint density at radius 2 is 2.00 bits per heavy atom. The van der Waals surface area contributed by atoms with Crippen LogP contribution in [0.2, 0.25) is 0 Å². The highest BCUT2D eigenvalue weighted by molar-refractivity contribution is 4.86. The molecule has 2 aliphatic rings. The SMILES string of the molecule is NCC1(OCC2CCCO2)CCCCC1. The molecule has 1 unspecified atom stereocenters. The van der Waals surface area contributed by atoms with E-state index < -0.39 is 0 Å². The molecule has 0 spiro atoms. The Morgan fingerprint density at radius 1 is 1.20 bits per heavy atom. The molecule has 3 nitrogen and oxygen atoms in total. The summed E-state index contributed by atoms with van der Waals surface area (Å²) in [6.45, 7) is 2.32. The summed E-state index contributed by atoms with van der Waals surface area (Å²) >= 11 is 0. The summed E-state index contributed by atoms with van der Waals surface area (Å²) in [5, 5.41) is 0. The lowest BCUT2D eigenvalue weighted by atomic mass is 9.84. The third-order valence-corrected chi connectivity index (χ3v) is 3.74. The van der Waals surface area contributed by atoms with E-state index in [1.807, 2.05) is 0 Å². The fraction of sp³-hybridized carbons (Fsp3) is 1.00. The van der Waals surface area contributed by atoms with Crippen LogP contribution in [0.15, 0.2) is 0 Å². The smallest absolute Gasteiger partial charge is 0.0809 e. The molecule has 1 atom stereocenters. The van der Waals surface area contributed by atoms with Crippen molar-refractivity contribution in [3.05, 3.63) is 0 Å². The van der Waals surface area contributed by atoms with Crippen LogP contribution in [-0.4, -0.2) is 31.5 Å². The van der Waals surface area contributed by atoms with Gasteiger partial charge in [-0.2, -0.15) is 0 Å². The standard InChI is InChI=1S/C12H23NO2/c13-10-12(6-2-1-3-7-12)15-9-11-5-4-8-14-11/h11H,1-10,13H2. The second-order valence-electron chi connectivity index (χ2n) is 4.89. The van der Waals surface area contributed by atoms with Crippen LogP contribution in [0.4, 0.5) is 0 Å². The summed E-state index contributed by atoms with van der Waals surface area (Å²) < 4.78 is 11.6. The summed E-state index contributed by atoms with van der Waals surface area (Å²) in [6, 6.07) is 0. The Kier molecular flexibility index (Phi) is 4.00. The summed E-state index contributed by atoms with van der Waals surface area (Å²) in [4.78, 5) is 0. The molecular formula is C12H23NO2. The molecule has 0 radical (unpaired) electrons. The van der Waals surface area contributed by atoms with Crippen LogP contribution in [0.25, 0.3) is 0 Å². The fourth-order valence-electron chi connectivity index (χ4n) is 2.65. The van der Waals surface area contributed by atoms with Gasteiger partial charge in [-0.25, -0.2) is 0 Å². The minimum atomic E-state index is -0.0236. The molecule has 0 amide bonds. The van der Waals surface area contributed by atoms with Crippen LogP contribution in [0.1, 0.15) is 44.9 Å². The number of hydrogen-bond acceptors (Lipinski definition) is 3. The van der Waals surface area contributed by atoms with Crippen molar-refractivity contribution in [3.8, 4) is 0 Å². The molecule has 1 aliphatic heterocycles. The van der Waals surface area contributed by atoms with Crippen LogP contribution in [0.5, 0.6) is 0 Å². The van der Waals surface area contributed by atoms with E-state index in [1.165, 1.54) is 25.7 Å². The van der Waals surface area contributed by atoms with Gasteiger partial charge in [0.25, 0.3) is 0 Å². The van der Waals surface area contributed by atoms with Gasteiger partial charge < -0.3 is 15.2 Å². The summed E-state index contributed by atoms with van der Waals surface area (Å²) in [6.07, 6.45) is 8.81. The predicted octanol–water partition coefficient (Wildman–Crippen LogP) is 1.84. The van der Waals surface area contributed by atoms with Gasteiger partial charge in [-0.15, -0.1) is 0 Å². The normalized spacial score (nSPS) is 30.6. The third kappa shape index (κ3) is 2.92. The van der Waals surface area contributed by atoms with Crippen LogP contribution >= 0.6 is 0 Å². The number of rotatable bonds is 4. The first-order valence-corrected chi connectivity index (χ1v) is 6.30. The van der Waals surface area contributed by atoms with Gasteiger partial charge in [0.1, 0.15) is 0 Å². The highest BCUT2D eigenvalue weighted by Gasteiger charge is 2.32. The molecule has 0 bridgehead atoms. The summed E-state index contributed by atoms with van der Waals surface area (Å²) in [7, 11) is 0. The lowest BCUT2D eigenvalue weighted by Crippen LogP contribution is -2.44. The second kappa shape index (κ2) is 5.28. The van der Waals surface area contributed by atoms with Crippen molar-refractivity contribution in [2.24, 2.45) is 5.73 Å². The van der Waals surface area contributed by atoms with Crippen LogP contribution in [-0.2, 0) is 9.47 Å².